The summed E-state index contributed by atoms with van der Waals surface area (Å²) < 4.78 is 10.7. The van der Waals surface area contributed by atoms with E-state index in [2.05, 4.69) is 6.92 Å². The number of carbonyl (C=O) groups excluding carboxylic acids is 1. The quantitative estimate of drug-likeness (QED) is 0.509. The van der Waals surface area contributed by atoms with Crippen molar-refractivity contribution in [3.05, 3.63) is 29.8 Å². The lowest BCUT2D eigenvalue weighted by molar-refractivity contribution is 0.100. The summed E-state index contributed by atoms with van der Waals surface area (Å²) in [6, 6.07) is 7.08. The third-order valence-corrected chi connectivity index (χ3v) is 1.84. The van der Waals surface area contributed by atoms with Crippen LogP contribution < -0.4 is 4.74 Å². The number of carbonyl (C=O) groups is 1. The number of benzene rings is 1. The Hall–Kier alpha value is -1.35. The molecule has 0 atom stereocenters. The lowest BCUT2D eigenvalue weighted by atomic mass is 10.2. The van der Waals surface area contributed by atoms with E-state index in [9.17, 15) is 4.79 Å². The first-order chi connectivity index (χ1) is 7.36. The predicted octanol–water partition coefficient (Wildman–Crippen LogP) is 2.30. The van der Waals surface area contributed by atoms with Crippen LogP contribution in [0, 0.1) is 0 Å². The second-order valence-electron chi connectivity index (χ2n) is 3.15. The fourth-order valence-corrected chi connectivity index (χ4v) is 1.14. The van der Waals surface area contributed by atoms with Gasteiger partial charge < -0.3 is 9.47 Å². The van der Waals surface area contributed by atoms with E-state index < -0.39 is 0 Å². The molecule has 3 nitrogen and oxygen atoms in total. The van der Waals surface area contributed by atoms with Crippen LogP contribution in [-0.2, 0) is 4.74 Å². The number of ether oxygens (including phenoxy) is 2. The van der Waals surface area contributed by atoms with E-state index in [0.717, 1.165) is 19.3 Å². The molecular formula is C12H16O3. The molecule has 0 saturated heterocycles. The molecule has 0 spiro atoms. The summed E-state index contributed by atoms with van der Waals surface area (Å²) in [6.07, 6.45) is 1.82. The maximum atomic E-state index is 10.5. The second kappa shape index (κ2) is 7.01. The summed E-state index contributed by atoms with van der Waals surface area (Å²) in [5.41, 5.74) is 0.627. The highest BCUT2D eigenvalue weighted by Gasteiger charge is 1.95. The third kappa shape index (κ3) is 4.61. The molecule has 3 heteroatoms. The summed E-state index contributed by atoms with van der Waals surface area (Å²) in [5.74, 6) is 0.708. The van der Waals surface area contributed by atoms with Gasteiger partial charge in [0.2, 0.25) is 0 Å². The molecule has 0 fully saturated rings. The third-order valence-electron chi connectivity index (χ3n) is 1.84. The summed E-state index contributed by atoms with van der Waals surface area (Å²) in [5, 5.41) is 0. The van der Waals surface area contributed by atoms with Crippen molar-refractivity contribution in [2.75, 3.05) is 19.8 Å². The molecule has 0 aliphatic rings. The topological polar surface area (TPSA) is 35.5 Å². The highest BCUT2D eigenvalue weighted by molar-refractivity contribution is 5.75. The predicted molar refractivity (Wildman–Crippen MR) is 58.4 cm³/mol. The van der Waals surface area contributed by atoms with Crippen LogP contribution in [0.3, 0.4) is 0 Å². The Labute approximate surface area is 90.0 Å². The van der Waals surface area contributed by atoms with Crippen molar-refractivity contribution in [3.8, 4) is 5.75 Å². The zero-order chi connectivity index (χ0) is 10.9. The van der Waals surface area contributed by atoms with Gasteiger partial charge in [-0.05, 0) is 18.6 Å². The molecule has 1 aromatic rings. The molecule has 15 heavy (non-hydrogen) atoms. The van der Waals surface area contributed by atoms with Crippen molar-refractivity contribution in [1.82, 2.24) is 0 Å². The number of hydrogen-bond donors (Lipinski definition) is 0. The van der Waals surface area contributed by atoms with Gasteiger partial charge in [-0.3, -0.25) is 4.79 Å². The van der Waals surface area contributed by atoms with E-state index in [1.165, 1.54) is 0 Å². The normalized spacial score (nSPS) is 9.93. The Kier molecular flexibility index (Phi) is 5.48. The largest absolute Gasteiger partial charge is 0.491 e. The first-order valence-electron chi connectivity index (χ1n) is 5.12. The molecule has 0 unspecified atom stereocenters. The van der Waals surface area contributed by atoms with Gasteiger partial charge >= 0.3 is 0 Å². The van der Waals surface area contributed by atoms with Crippen LogP contribution >= 0.6 is 0 Å². The fraction of sp³-hybridized carbons (Fsp3) is 0.417. The van der Waals surface area contributed by atoms with Crippen LogP contribution in [0.1, 0.15) is 23.7 Å². The summed E-state index contributed by atoms with van der Waals surface area (Å²) in [4.78, 5) is 10.5. The Morgan fingerprint density at radius 1 is 1.27 bits per heavy atom. The van der Waals surface area contributed by atoms with Gasteiger partial charge in [-0.2, -0.15) is 0 Å². The summed E-state index contributed by atoms with van der Waals surface area (Å²) in [7, 11) is 0. The zero-order valence-electron chi connectivity index (χ0n) is 8.94. The van der Waals surface area contributed by atoms with Crippen LogP contribution in [-0.4, -0.2) is 26.1 Å². The molecule has 0 aromatic heterocycles. The van der Waals surface area contributed by atoms with Crippen LogP contribution in [0.25, 0.3) is 0 Å². The molecular weight excluding hydrogens is 192 g/mol. The van der Waals surface area contributed by atoms with Crippen LogP contribution in [0.15, 0.2) is 24.3 Å². The fourth-order valence-electron chi connectivity index (χ4n) is 1.14. The van der Waals surface area contributed by atoms with Gasteiger partial charge in [0.1, 0.15) is 18.6 Å². The van der Waals surface area contributed by atoms with Crippen LogP contribution in [0.5, 0.6) is 5.75 Å². The van der Waals surface area contributed by atoms with E-state index in [-0.39, 0.29) is 0 Å². The molecule has 1 aromatic carbocycles. The van der Waals surface area contributed by atoms with Crippen molar-refractivity contribution >= 4 is 6.29 Å². The van der Waals surface area contributed by atoms with Crippen LogP contribution in [0.2, 0.25) is 0 Å². The molecule has 0 bridgehead atoms. The minimum atomic E-state index is 0.516. The average Bonchev–Trinajstić information content (AvgIpc) is 2.29. The van der Waals surface area contributed by atoms with Gasteiger partial charge in [0.15, 0.2) is 0 Å². The van der Waals surface area contributed by atoms with E-state index >= 15 is 0 Å². The molecule has 1 rings (SSSR count). The monoisotopic (exact) mass is 208 g/mol. The van der Waals surface area contributed by atoms with E-state index in [0.29, 0.717) is 24.5 Å². The molecule has 82 valence electrons. The van der Waals surface area contributed by atoms with Crippen molar-refractivity contribution < 1.29 is 14.3 Å². The van der Waals surface area contributed by atoms with Gasteiger partial charge in [-0.1, -0.05) is 19.1 Å². The molecule has 0 aliphatic carbocycles. The van der Waals surface area contributed by atoms with Crippen molar-refractivity contribution in [1.29, 1.82) is 0 Å². The van der Waals surface area contributed by atoms with Gasteiger partial charge in [0, 0.05) is 12.2 Å². The first kappa shape index (κ1) is 11.7. The molecule has 0 aliphatic heterocycles. The molecule has 0 radical (unpaired) electrons. The average molecular weight is 208 g/mol. The standard InChI is InChI=1S/C12H16O3/c1-2-6-14-7-8-15-12-5-3-4-11(9-12)10-13/h3-5,9-10H,2,6-8H2,1H3. The van der Waals surface area contributed by atoms with Crippen molar-refractivity contribution in [2.45, 2.75) is 13.3 Å². The van der Waals surface area contributed by atoms with Crippen molar-refractivity contribution in [3.63, 3.8) is 0 Å². The molecule has 0 heterocycles. The van der Waals surface area contributed by atoms with Gasteiger partial charge in [0.25, 0.3) is 0 Å². The maximum Gasteiger partial charge on any atom is 0.150 e. The number of hydrogen-bond acceptors (Lipinski definition) is 3. The van der Waals surface area contributed by atoms with Gasteiger partial charge in [-0.15, -0.1) is 0 Å². The summed E-state index contributed by atoms with van der Waals surface area (Å²) >= 11 is 0. The second-order valence-corrected chi connectivity index (χ2v) is 3.15. The Bertz CT molecular complexity index is 297. The molecule has 0 amide bonds. The summed E-state index contributed by atoms with van der Waals surface area (Å²) in [6.45, 7) is 3.92. The Morgan fingerprint density at radius 2 is 2.13 bits per heavy atom. The van der Waals surface area contributed by atoms with E-state index in [4.69, 9.17) is 9.47 Å². The Balaban J connectivity index is 2.27. The molecule has 0 N–H and O–H groups in total. The van der Waals surface area contributed by atoms with E-state index in [1.807, 2.05) is 6.07 Å². The van der Waals surface area contributed by atoms with Gasteiger partial charge in [-0.25, -0.2) is 0 Å². The van der Waals surface area contributed by atoms with Gasteiger partial charge in [0.05, 0.1) is 6.61 Å². The van der Waals surface area contributed by atoms with Crippen molar-refractivity contribution in [2.24, 2.45) is 0 Å². The lowest BCUT2D eigenvalue weighted by Crippen LogP contribution is -2.07. The van der Waals surface area contributed by atoms with E-state index in [1.54, 1.807) is 18.2 Å². The van der Waals surface area contributed by atoms with Crippen LogP contribution in [0.4, 0.5) is 0 Å². The lowest BCUT2D eigenvalue weighted by Gasteiger charge is -2.06. The smallest absolute Gasteiger partial charge is 0.150 e. The SMILES string of the molecule is CCCOCCOc1cccc(C=O)c1. The number of aldehydes is 1. The zero-order valence-corrected chi connectivity index (χ0v) is 8.94. The minimum absolute atomic E-state index is 0.516. The highest BCUT2D eigenvalue weighted by Crippen LogP contribution is 2.11. The number of rotatable bonds is 7. The first-order valence-corrected chi connectivity index (χ1v) is 5.12. The molecule has 0 saturated carbocycles. The maximum absolute atomic E-state index is 10.5. The Morgan fingerprint density at radius 3 is 2.87 bits per heavy atom. The highest BCUT2D eigenvalue weighted by atomic mass is 16.5. The minimum Gasteiger partial charge on any atom is -0.491 e.